The Morgan fingerprint density at radius 2 is 1.63 bits per heavy atom. The molecular formula is C17H15N3O7. The summed E-state index contributed by atoms with van der Waals surface area (Å²) in [4.78, 5) is 44.3. The number of nitrogens with one attached hydrogen (secondary N) is 1. The maximum absolute atomic E-state index is 12.3. The van der Waals surface area contributed by atoms with Crippen molar-refractivity contribution in [3.63, 3.8) is 0 Å². The van der Waals surface area contributed by atoms with Gasteiger partial charge in [0.2, 0.25) is 0 Å². The molecular weight excluding hydrogens is 358 g/mol. The lowest BCUT2D eigenvalue weighted by Gasteiger charge is -2.09. The van der Waals surface area contributed by atoms with Crippen LogP contribution in [0.4, 0.5) is 17.1 Å². The fraction of sp³-hybridized carbons (Fsp3) is 0.176. The maximum Gasteiger partial charge on any atom is 0.338 e. The van der Waals surface area contributed by atoms with Crippen molar-refractivity contribution >= 4 is 28.9 Å². The molecule has 10 nitrogen and oxygen atoms in total. The Kier molecular flexibility index (Phi) is 5.81. The molecule has 1 amide bonds. The van der Waals surface area contributed by atoms with Gasteiger partial charge in [-0.3, -0.25) is 25.0 Å². The number of carbonyl (C=O) groups is 2. The summed E-state index contributed by atoms with van der Waals surface area (Å²) in [6.07, 6.45) is -0.278. The first-order chi connectivity index (χ1) is 12.7. The molecule has 0 fully saturated rings. The van der Waals surface area contributed by atoms with E-state index in [-0.39, 0.29) is 22.9 Å². The summed E-state index contributed by atoms with van der Waals surface area (Å²) in [5.41, 5.74) is -0.934. The molecule has 27 heavy (non-hydrogen) atoms. The molecule has 0 radical (unpaired) electrons. The molecule has 0 atom stereocenters. The molecule has 0 saturated carbocycles. The maximum atomic E-state index is 12.3. The Labute approximate surface area is 153 Å². The number of non-ortho nitro benzene ring substituents is 1. The van der Waals surface area contributed by atoms with E-state index in [9.17, 15) is 29.8 Å². The van der Waals surface area contributed by atoms with E-state index in [1.165, 1.54) is 24.3 Å². The molecule has 0 aliphatic rings. The lowest BCUT2D eigenvalue weighted by molar-refractivity contribution is -0.394. The van der Waals surface area contributed by atoms with Gasteiger partial charge in [-0.1, -0.05) is 0 Å². The topological polar surface area (TPSA) is 142 Å². The van der Waals surface area contributed by atoms with E-state index in [4.69, 9.17) is 4.74 Å². The van der Waals surface area contributed by atoms with Gasteiger partial charge in [0, 0.05) is 11.8 Å². The number of nitrogens with zero attached hydrogens (tertiary/aromatic N) is 2. The van der Waals surface area contributed by atoms with Gasteiger partial charge in [-0.25, -0.2) is 4.79 Å². The van der Waals surface area contributed by atoms with E-state index in [1.54, 1.807) is 13.8 Å². The molecule has 10 heteroatoms. The van der Waals surface area contributed by atoms with Gasteiger partial charge in [0.25, 0.3) is 17.3 Å². The zero-order chi connectivity index (χ0) is 20.1. The second-order valence-electron chi connectivity index (χ2n) is 5.70. The Hall–Kier alpha value is -3.82. The number of benzene rings is 2. The highest BCUT2D eigenvalue weighted by molar-refractivity contribution is 6.07. The summed E-state index contributed by atoms with van der Waals surface area (Å²) in [6.45, 7) is 3.42. The van der Waals surface area contributed by atoms with Crippen LogP contribution in [-0.4, -0.2) is 27.8 Å². The van der Waals surface area contributed by atoms with Crippen LogP contribution in [0.5, 0.6) is 0 Å². The number of rotatable bonds is 6. The summed E-state index contributed by atoms with van der Waals surface area (Å²) >= 11 is 0. The predicted molar refractivity (Wildman–Crippen MR) is 94.7 cm³/mol. The predicted octanol–water partition coefficient (Wildman–Crippen LogP) is 3.32. The van der Waals surface area contributed by atoms with E-state index in [1.807, 2.05) is 0 Å². The van der Waals surface area contributed by atoms with Crippen molar-refractivity contribution in [3.05, 3.63) is 73.8 Å². The lowest BCUT2D eigenvalue weighted by atomic mass is 10.1. The van der Waals surface area contributed by atoms with Crippen LogP contribution in [-0.2, 0) is 4.74 Å². The number of anilines is 1. The Morgan fingerprint density at radius 1 is 1.00 bits per heavy atom. The lowest BCUT2D eigenvalue weighted by Crippen LogP contribution is -2.15. The van der Waals surface area contributed by atoms with Gasteiger partial charge in [0.15, 0.2) is 0 Å². The van der Waals surface area contributed by atoms with Crippen LogP contribution >= 0.6 is 0 Å². The zero-order valence-corrected chi connectivity index (χ0v) is 14.4. The van der Waals surface area contributed by atoms with Crippen LogP contribution in [0.25, 0.3) is 0 Å². The number of esters is 1. The summed E-state index contributed by atoms with van der Waals surface area (Å²) < 4.78 is 5.04. The third-order valence-corrected chi connectivity index (χ3v) is 3.35. The quantitative estimate of drug-likeness (QED) is 0.465. The summed E-state index contributed by atoms with van der Waals surface area (Å²) in [7, 11) is 0. The van der Waals surface area contributed by atoms with E-state index in [0.717, 1.165) is 18.2 Å². The molecule has 1 N–H and O–H groups in total. The minimum Gasteiger partial charge on any atom is -0.459 e. The monoisotopic (exact) mass is 373 g/mol. The Balaban J connectivity index is 2.21. The average Bonchev–Trinajstić information content (AvgIpc) is 2.61. The molecule has 2 aromatic rings. The van der Waals surface area contributed by atoms with Crippen molar-refractivity contribution in [2.24, 2.45) is 0 Å². The fourth-order valence-corrected chi connectivity index (χ4v) is 2.15. The zero-order valence-electron chi connectivity index (χ0n) is 14.4. The smallest absolute Gasteiger partial charge is 0.338 e. The first-order valence-corrected chi connectivity index (χ1v) is 7.74. The first kappa shape index (κ1) is 19.5. The number of nitro benzene ring substituents is 2. The molecule has 0 heterocycles. The third-order valence-electron chi connectivity index (χ3n) is 3.35. The van der Waals surface area contributed by atoms with Gasteiger partial charge in [-0.15, -0.1) is 0 Å². The van der Waals surface area contributed by atoms with Crippen LogP contribution in [0.1, 0.15) is 34.6 Å². The largest absolute Gasteiger partial charge is 0.459 e. The molecule has 0 aromatic heterocycles. The van der Waals surface area contributed by atoms with Gasteiger partial charge >= 0.3 is 5.97 Å². The van der Waals surface area contributed by atoms with Crippen LogP contribution in [0, 0.1) is 20.2 Å². The van der Waals surface area contributed by atoms with Crippen LogP contribution in [0.2, 0.25) is 0 Å². The minimum absolute atomic E-state index is 0.278. The third kappa shape index (κ3) is 4.84. The Morgan fingerprint density at radius 3 is 2.15 bits per heavy atom. The van der Waals surface area contributed by atoms with Crippen molar-refractivity contribution in [3.8, 4) is 0 Å². The van der Waals surface area contributed by atoms with Gasteiger partial charge in [-0.2, -0.15) is 0 Å². The number of ether oxygens (including phenoxy) is 1. The molecule has 0 spiro atoms. The van der Waals surface area contributed by atoms with Crippen LogP contribution < -0.4 is 5.32 Å². The highest BCUT2D eigenvalue weighted by atomic mass is 16.6. The van der Waals surface area contributed by atoms with Gasteiger partial charge in [0.05, 0.1) is 27.6 Å². The Bertz CT molecular complexity index is 907. The van der Waals surface area contributed by atoms with Crippen molar-refractivity contribution in [2.45, 2.75) is 20.0 Å². The first-order valence-electron chi connectivity index (χ1n) is 7.74. The molecule has 0 aliphatic carbocycles. The number of hydrogen-bond donors (Lipinski definition) is 1. The number of hydrogen-bond acceptors (Lipinski definition) is 7. The molecule has 2 rings (SSSR count). The summed E-state index contributed by atoms with van der Waals surface area (Å²) in [5.74, 6) is -1.33. The van der Waals surface area contributed by atoms with Crippen molar-refractivity contribution < 1.29 is 24.2 Å². The van der Waals surface area contributed by atoms with E-state index in [0.29, 0.717) is 0 Å². The van der Waals surface area contributed by atoms with Crippen molar-refractivity contribution in [1.29, 1.82) is 0 Å². The molecule has 0 bridgehead atoms. The fourth-order valence-electron chi connectivity index (χ4n) is 2.15. The van der Waals surface area contributed by atoms with Crippen LogP contribution in [0.15, 0.2) is 42.5 Å². The SMILES string of the molecule is CC(C)OC(=O)c1ccc(NC(=O)c2ccc([N+](=O)[O-])cc2[N+](=O)[O-])cc1. The second-order valence-corrected chi connectivity index (χ2v) is 5.70. The minimum atomic E-state index is -0.868. The molecule has 0 unspecified atom stereocenters. The number of carbonyl (C=O) groups excluding carboxylic acids is 2. The standard InChI is InChI=1S/C17H15N3O7/c1-10(2)27-17(22)11-3-5-12(6-4-11)18-16(21)14-8-7-13(19(23)24)9-15(14)20(25)26/h3-10H,1-2H3,(H,18,21). The van der Waals surface area contributed by atoms with Gasteiger partial charge < -0.3 is 10.1 Å². The molecule has 140 valence electrons. The molecule has 0 saturated heterocycles. The van der Waals surface area contributed by atoms with Gasteiger partial charge in [0.1, 0.15) is 5.56 Å². The number of amides is 1. The van der Waals surface area contributed by atoms with Gasteiger partial charge in [-0.05, 0) is 44.2 Å². The molecule has 2 aromatic carbocycles. The summed E-state index contributed by atoms with van der Waals surface area (Å²) in [6, 6.07) is 8.49. The van der Waals surface area contributed by atoms with E-state index < -0.39 is 33.1 Å². The highest BCUT2D eigenvalue weighted by Gasteiger charge is 2.24. The van der Waals surface area contributed by atoms with Crippen molar-refractivity contribution in [1.82, 2.24) is 0 Å². The van der Waals surface area contributed by atoms with E-state index in [2.05, 4.69) is 5.32 Å². The number of nitro groups is 2. The van der Waals surface area contributed by atoms with Crippen molar-refractivity contribution in [2.75, 3.05) is 5.32 Å². The second kappa shape index (κ2) is 8.04. The summed E-state index contributed by atoms with van der Waals surface area (Å²) in [5, 5.41) is 24.3. The molecule has 0 aliphatic heterocycles. The average molecular weight is 373 g/mol. The normalized spacial score (nSPS) is 10.3. The van der Waals surface area contributed by atoms with E-state index >= 15 is 0 Å². The van der Waals surface area contributed by atoms with Crippen LogP contribution in [0.3, 0.4) is 0 Å². The highest BCUT2D eigenvalue weighted by Crippen LogP contribution is 2.25.